The van der Waals surface area contributed by atoms with E-state index in [2.05, 4.69) is 86.1 Å². The lowest BCUT2D eigenvalue weighted by molar-refractivity contribution is -0.131. The molecule has 0 radical (unpaired) electrons. The number of carbonyl (C=O) groups excluding carboxylic acids is 1. The summed E-state index contributed by atoms with van der Waals surface area (Å²) in [4.78, 5) is 12.9. The summed E-state index contributed by atoms with van der Waals surface area (Å²) in [5.74, 6) is 0.268. The van der Waals surface area contributed by atoms with Crippen molar-refractivity contribution in [3.8, 4) is 0 Å². The van der Waals surface area contributed by atoms with Crippen LogP contribution < -0.4 is 0 Å². The topological polar surface area (TPSA) is 29.5 Å². The summed E-state index contributed by atoms with van der Waals surface area (Å²) >= 11 is 0. The lowest BCUT2D eigenvalue weighted by Gasteiger charge is -2.56. The van der Waals surface area contributed by atoms with E-state index < -0.39 is 16.6 Å². The first-order valence-corrected chi connectivity index (χ1v) is 15.5. The van der Waals surface area contributed by atoms with Gasteiger partial charge in [-0.15, -0.1) is 0 Å². The van der Waals surface area contributed by atoms with Gasteiger partial charge in [0.05, 0.1) is 6.04 Å². The van der Waals surface area contributed by atoms with E-state index >= 15 is 0 Å². The van der Waals surface area contributed by atoms with Gasteiger partial charge < -0.3 is 8.99 Å². The Morgan fingerprint density at radius 1 is 1.00 bits per heavy atom. The molecule has 0 aromatic heterocycles. The molecule has 3 nitrogen and oxygen atoms in total. The molecule has 1 atom stereocenters. The molecule has 25 heavy (non-hydrogen) atoms. The molecule has 146 valence electrons. The quantitative estimate of drug-likeness (QED) is 0.333. The van der Waals surface area contributed by atoms with Crippen molar-refractivity contribution in [1.29, 1.82) is 0 Å². The summed E-state index contributed by atoms with van der Waals surface area (Å²) in [7, 11) is -3.60. The van der Waals surface area contributed by atoms with Gasteiger partial charge in [-0.05, 0) is 43.4 Å². The highest BCUT2D eigenvalue weighted by Crippen LogP contribution is 2.46. The average molecular weight is 384 g/mol. The van der Waals surface area contributed by atoms with Crippen molar-refractivity contribution in [1.82, 2.24) is 4.57 Å². The summed E-state index contributed by atoms with van der Waals surface area (Å²) in [6, 6.07) is 0.239. The molecule has 1 rings (SSSR count). The van der Waals surface area contributed by atoms with Gasteiger partial charge in [0.25, 0.3) is 0 Å². The van der Waals surface area contributed by atoms with Gasteiger partial charge in [-0.25, -0.2) is 0 Å². The molecule has 0 N–H and O–H groups in total. The first-order valence-electron chi connectivity index (χ1n) is 9.60. The van der Waals surface area contributed by atoms with Crippen LogP contribution in [0.5, 0.6) is 0 Å². The van der Waals surface area contributed by atoms with E-state index in [1.54, 1.807) is 0 Å². The van der Waals surface area contributed by atoms with Crippen LogP contribution in [0, 0.1) is 0 Å². The summed E-state index contributed by atoms with van der Waals surface area (Å²) in [5.41, 5.74) is 2.20. The van der Waals surface area contributed by atoms with Gasteiger partial charge in [0, 0.05) is 12.2 Å². The van der Waals surface area contributed by atoms with Crippen LogP contribution in [0.4, 0.5) is 0 Å². The molecule has 1 amide bonds. The summed E-state index contributed by atoms with van der Waals surface area (Å²) in [6.07, 6.45) is 0.922. The zero-order valence-corrected chi connectivity index (χ0v) is 20.8. The Kier molecular flexibility index (Phi) is 6.31. The molecule has 0 aromatic carbocycles. The highest BCUT2D eigenvalue weighted by atomic mass is 28.4. The number of hydrogen-bond acceptors (Lipinski definition) is 2. The predicted molar refractivity (Wildman–Crippen MR) is 114 cm³/mol. The number of hydrogen-bond donors (Lipinski definition) is 0. The zero-order chi connectivity index (χ0) is 20.0. The Morgan fingerprint density at radius 2 is 1.48 bits per heavy atom. The lowest BCUT2D eigenvalue weighted by atomic mass is 9.91. The normalized spacial score (nSPS) is 20.0. The lowest BCUT2D eigenvalue weighted by Crippen LogP contribution is -2.69. The van der Waals surface area contributed by atoms with Gasteiger partial charge in [-0.1, -0.05) is 60.2 Å². The molecule has 0 aromatic rings. The van der Waals surface area contributed by atoms with Crippen molar-refractivity contribution >= 4 is 22.5 Å². The van der Waals surface area contributed by atoms with Crippen molar-refractivity contribution in [3.05, 3.63) is 11.1 Å². The maximum Gasteiger partial charge on any atom is 0.244 e. The van der Waals surface area contributed by atoms with E-state index in [9.17, 15) is 4.79 Å². The average Bonchev–Trinajstić information content (AvgIpc) is 2.33. The first kappa shape index (κ1) is 22.6. The smallest absolute Gasteiger partial charge is 0.244 e. The minimum Gasteiger partial charge on any atom is -0.417 e. The van der Waals surface area contributed by atoms with Crippen molar-refractivity contribution in [2.45, 2.75) is 104 Å². The van der Waals surface area contributed by atoms with E-state index in [1.807, 2.05) is 0 Å². The monoisotopic (exact) mass is 383 g/mol. The van der Waals surface area contributed by atoms with Crippen LogP contribution in [0.3, 0.4) is 0 Å². The van der Waals surface area contributed by atoms with Gasteiger partial charge >= 0.3 is 0 Å². The SMILES string of the molecule is CC(C)=C1C(=O)N([Si](C)(C)C(C)(C)C)[C@@H]1CCO[Si](C)(C)C(C)(C)C. The third-order valence-corrected chi connectivity index (χ3v) is 16.7. The highest BCUT2D eigenvalue weighted by molar-refractivity contribution is 6.80. The van der Waals surface area contributed by atoms with Crippen LogP contribution in [0.2, 0.25) is 36.3 Å². The van der Waals surface area contributed by atoms with Crippen LogP contribution in [0.1, 0.15) is 61.8 Å². The van der Waals surface area contributed by atoms with Crippen molar-refractivity contribution in [3.63, 3.8) is 0 Å². The molecule has 0 saturated carbocycles. The molecule has 0 bridgehead atoms. The molecule has 1 fully saturated rings. The minimum atomic E-state index is -1.86. The van der Waals surface area contributed by atoms with Crippen LogP contribution >= 0.6 is 0 Å². The molecule has 5 heteroatoms. The summed E-state index contributed by atoms with van der Waals surface area (Å²) < 4.78 is 8.64. The Labute approximate surface area is 158 Å². The molecule has 0 unspecified atom stereocenters. The Bertz CT molecular complexity index is 547. The van der Waals surface area contributed by atoms with Gasteiger partial charge in [0.15, 0.2) is 16.6 Å². The van der Waals surface area contributed by atoms with E-state index in [0.29, 0.717) is 0 Å². The Morgan fingerprint density at radius 3 is 1.84 bits per heavy atom. The maximum atomic E-state index is 12.9. The number of rotatable bonds is 5. The van der Waals surface area contributed by atoms with E-state index in [4.69, 9.17) is 4.43 Å². The van der Waals surface area contributed by atoms with Crippen LogP contribution in [0.15, 0.2) is 11.1 Å². The summed E-state index contributed by atoms with van der Waals surface area (Å²) in [6.45, 7) is 27.8. The standard InChI is InChI=1S/C20H41NO2Si2/c1-15(2)17-16(13-14-23-25(11,12)20(6,7)8)21(18(17)22)24(9,10)19(3,4)5/h16H,13-14H2,1-12H3/t16-/m1/s1. The van der Waals surface area contributed by atoms with Gasteiger partial charge in [-0.3, -0.25) is 4.79 Å². The molecule has 0 aliphatic carbocycles. The van der Waals surface area contributed by atoms with Crippen LogP contribution in [-0.2, 0) is 9.22 Å². The number of β-lactam (4-membered cyclic amide) rings is 1. The molecule has 1 heterocycles. The Balaban J connectivity index is 2.97. The molecular formula is C20H41NO2Si2. The third-order valence-electron chi connectivity index (χ3n) is 6.73. The first-order chi connectivity index (χ1) is 10.9. The van der Waals surface area contributed by atoms with Gasteiger partial charge in [0.1, 0.15) is 0 Å². The molecule has 1 aliphatic heterocycles. The van der Waals surface area contributed by atoms with Crippen LogP contribution in [-0.4, -0.2) is 39.7 Å². The van der Waals surface area contributed by atoms with E-state index in [-0.39, 0.29) is 22.0 Å². The second-order valence-corrected chi connectivity index (χ2v) is 20.7. The highest BCUT2D eigenvalue weighted by Gasteiger charge is 2.54. The second-order valence-electron chi connectivity index (χ2n) is 10.8. The van der Waals surface area contributed by atoms with Crippen molar-refractivity contribution in [2.75, 3.05) is 6.61 Å². The minimum absolute atomic E-state index is 0.161. The molecule has 1 aliphatic rings. The third kappa shape index (κ3) is 4.30. The van der Waals surface area contributed by atoms with E-state index in [1.165, 1.54) is 0 Å². The predicted octanol–water partition coefficient (Wildman–Crippen LogP) is 5.95. The Hall–Kier alpha value is -0.396. The molecule has 1 saturated heterocycles. The fraction of sp³-hybridized carbons (Fsp3) is 0.850. The molecule has 0 spiro atoms. The largest absolute Gasteiger partial charge is 0.417 e. The van der Waals surface area contributed by atoms with Crippen molar-refractivity contribution in [2.24, 2.45) is 0 Å². The number of allylic oxidation sites excluding steroid dienone is 1. The number of nitrogens with zero attached hydrogens (tertiary/aromatic N) is 1. The molecular weight excluding hydrogens is 342 g/mol. The fourth-order valence-electron chi connectivity index (χ4n) is 2.94. The van der Waals surface area contributed by atoms with Gasteiger partial charge in [-0.2, -0.15) is 0 Å². The fourth-order valence-corrected chi connectivity index (χ4v) is 6.39. The zero-order valence-electron chi connectivity index (χ0n) is 18.8. The van der Waals surface area contributed by atoms with Crippen molar-refractivity contribution < 1.29 is 9.22 Å². The second kappa shape index (κ2) is 6.97. The number of amides is 1. The van der Waals surface area contributed by atoms with E-state index in [0.717, 1.165) is 24.2 Å². The van der Waals surface area contributed by atoms with Crippen LogP contribution in [0.25, 0.3) is 0 Å². The van der Waals surface area contributed by atoms with Gasteiger partial charge in [0.2, 0.25) is 5.91 Å². The summed E-state index contributed by atoms with van der Waals surface area (Å²) in [5, 5.41) is 0.384. The number of carbonyl (C=O) groups is 1. The maximum absolute atomic E-state index is 12.9.